The molecular weight excluding hydrogens is 468 g/mol. The first-order valence-electron chi connectivity index (χ1n) is 11.1. The number of nitrogens with one attached hydrogen (secondary N) is 3. The molecule has 10 nitrogen and oxygen atoms in total. The van der Waals surface area contributed by atoms with Crippen LogP contribution in [0.3, 0.4) is 0 Å². The third-order valence-corrected chi connectivity index (χ3v) is 5.94. The van der Waals surface area contributed by atoms with Gasteiger partial charge in [-0.25, -0.2) is 14.3 Å². The van der Waals surface area contributed by atoms with E-state index < -0.39 is 11.9 Å². The van der Waals surface area contributed by atoms with Crippen molar-refractivity contribution >= 4 is 46.2 Å². The number of aromatic nitrogens is 3. The number of urea groups is 1. The maximum Gasteiger partial charge on any atom is 0.316 e. The zero-order valence-electron chi connectivity index (χ0n) is 18.7. The number of primary amides is 1. The highest BCUT2D eigenvalue weighted by Gasteiger charge is 2.19. The van der Waals surface area contributed by atoms with Gasteiger partial charge in [-0.15, -0.1) is 0 Å². The van der Waals surface area contributed by atoms with Crippen LogP contribution in [0.2, 0.25) is 5.02 Å². The number of rotatable bonds is 5. The van der Waals surface area contributed by atoms with E-state index in [9.17, 15) is 9.59 Å². The second kappa shape index (κ2) is 9.61. The molecule has 1 aliphatic heterocycles. The molecule has 1 aliphatic rings. The number of nitrogens with zero attached hydrogens (tertiary/aromatic N) is 4. The highest BCUT2D eigenvalue weighted by Crippen LogP contribution is 2.31. The van der Waals surface area contributed by atoms with Gasteiger partial charge in [0.25, 0.3) is 5.91 Å². The van der Waals surface area contributed by atoms with Gasteiger partial charge in [0, 0.05) is 48.6 Å². The standard InChI is InChI=1S/C24H23ClN8O2/c25-16-3-1-2-15(12-16)18-14-28-33-9-6-19(30-22(18)33)23(34)31-20-13-17(29-24(26)35)4-5-21(20)32-10-7-27-8-11-32/h1-6,9,12-14,27H,7-8,10-11H2,(H,31,34)(H3,26,29,35). The number of hydrogen-bond acceptors (Lipinski definition) is 6. The highest BCUT2D eigenvalue weighted by atomic mass is 35.5. The topological polar surface area (TPSA) is 130 Å². The van der Waals surface area contributed by atoms with Gasteiger partial charge in [-0.05, 0) is 42.0 Å². The molecule has 0 atom stereocenters. The van der Waals surface area contributed by atoms with Crippen molar-refractivity contribution in [2.75, 3.05) is 41.7 Å². The van der Waals surface area contributed by atoms with Crippen molar-refractivity contribution in [3.05, 3.63) is 71.6 Å². The first kappa shape index (κ1) is 22.6. The van der Waals surface area contributed by atoms with Gasteiger partial charge in [-0.2, -0.15) is 5.10 Å². The molecule has 2 aromatic carbocycles. The van der Waals surface area contributed by atoms with E-state index in [0.29, 0.717) is 22.0 Å². The monoisotopic (exact) mass is 490 g/mol. The van der Waals surface area contributed by atoms with Crippen LogP contribution in [-0.4, -0.2) is 52.7 Å². The lowest BCUT2D eigenvalue weighted by molar-refractivity contribution is 0.102. The number of hydrogen-bond donors (Lipinski definition) is 4. The molecule has 11 heteroatoms. The van der Waals surface area contributed by atoms with Gasteiger partial charge in [0.1, 0.15) is 5.69 Å². The Kier molecular flexibility index (Phi) is 6.21. The van der Waals surface area contributed by atoms with Gasteiger partial charge in [0.15, 0.2) is 5.65 Å². The van der Waals surface area contributed by atoms with Gasteiger partial charge in [0.2, 0.25) is 0 Å². The van der Waals surface area contributed by atoms with Crippen LogP contribution >= 0.6 is 11.6 Å². The zero-order chi connectivity index (χ0) is 24.4. The Bertz CT molecular complexity index is 1410. The molecule has 0 saturated carbocycles. The molecule has 1 fully saturated rings. The third-order valence-electron chi connectivity index (χ3n) is 5.71. The minimum absolute atomic E-state index is 0.223. The fraction of sp³-hybridized carbons (Fsp3) is 0.167. The molecular formula is C24H23ClN8O2. The van der Waals surface area contributed by atoms with Crippen LogP contribution in [0, 0.1) is 0 Å². The predicted molar refractivity (Wildman–Crippen MR) is 136 cm³/mol. The summed E-state index contributed by atoms with van der Waals surface area (Å²) in [5.41, 5.74) is 9.52. The number of nitrogens with two attached hydrogens (primary N) is 1. The maximum absolute atomic E-state index is 13.3. The lowest BCUT2D eigenvalue weighted by Crippen LogP contribution is -2.43. The van der Waals surface area contributed by atoms with Gasteiger partial charge < -0.3 is 26.6 Å². The molecule has 1 saturated heterocycles. The number of benzene rings is 2. The van der Waals surface area contributed by atoms with E-state index in [-0.39, 0.29) is 5.69 Å². The van der Waals surface area contributed by atoms with Crippen molar-refractivity contribution in [1.29, 1.82) is 0 Å². The molecule has 0 unspecified atom stereocenters. The number of fused-ring (bicyclic) bond motifs is 1. The van der Waals surface area contributed by atoms with Gasteiger partial charge >= 0.3 is 6.03 Å². The number of piperazine rings is 1. The summed E-state index contributed by atoms with van der Waals surface area (Å²) in [5.74, 6) is -0.390. The van der Waals surface area contributed by atoms with Crippen molar-refractivity contribution in [2.45, 2.75) is 0 Å². The fourth-order valence-corrected chi connectivity index (χ4v) is 4.27. The average Bonchev–Trinajstić information content (AvgIpc) is 3.28. The highest BCUT2D eigenvalue weighted by molar-refractivity contribution is 6.30. The molecule has 5 rings (SSSR count). The van der Waals surface area contributed by atoms with E-state index in [2.05, 4.69) is 30.9 Å². The van der Waals surface area contributed by atoms with E-state index >= 15 is 0 Å². The zero-order valence-corrected chi connectivity index (χ0v) is 19.4. The van der Waals surface area contributed by atoms with Crippen LogP contribution in [-0.2, 0) is 0 Å². The molecule has 0 aliphatic carbocycles. The Morgan fingerprint density at radius 2 is 1.89 bits per heavy atom. The van der Waals surface area contributed by atoms with E-state index in [1.54, 1.807) is 41.2 Å². The molecule has 178 valence electrons. The maximum atomic E-state index is 13.3. The molecule has 5 N–H and O–H groups in total. The van der Waals surface area contributed by atoms with Crippen LogP contribution in [0.25, 0.3) is 16.8 Å². The minimum Gasteiger partial charge on any atom is -0.367 e. The average molecular weight is 491 g/mol. The van der Waals surface area contributed by atoms with Crippen molar-refractivity contribution in [3.8, 4) is 11.1 Å². The minimum atomic E-state index is -0.682. The first-order valence-corrected chi connectivity index (χ1v) is 11.4. The van der Waals surface area contributed by atoms with E-state index in [4.69, 9.17) is 17.3 Å². The number of carbonyl (C=O) groups is 2. The summed E-state index contributed by atoms with van der Waals surface area (Å²) in [6, 6.07) is 13.6. The number of anilines is 3. The largest absolute Gasteiger partial charge is 0.367 e. The summed E-state index contributed by atoms with van der Waals surface area (Å²) in [7, 11) is 0. The number of amides is 3. The molecule has 0 radical (unpaired) electrons. The molecule has 35 heavy (non-hydrogen) atoms. The van der Waals surface area contributed by atoms with E-state index in [0.717, 1.165) is 43.0 Å². The molecule has 0 spiro atoms. The van der Waals surface area contributed by atoms with Crippen molar-refractivity contribution in [2.24, 2.45) is 5.73 Å². The van der Waals surface area contributed by atoms with E-state index in [1.165, 1.54) is 0 Å². The Morgan fingerprint density at radius 3 is 2.66 bits per heavy atom. The predicted octanol–water partition coefficient (Wildman–Crippen LogP) is 3.20. The molecule has 0 bridgehead atoms. The van der Waals surface area contributed by atoms with Crippen LogP contribution in [0.4, 0.5) is 21.9 Å². The normalized spacial score (nSPS) is 13.6. The summed E-state index contributed by atoms with van der Waals surface area (Å²) in [6.45, 7) is 3.24. The number of carbonyl (C=O) groups excluding carboxylic acids is 2. The molecule has 3 heterocycles. The summed E-state index contributed by atoms with van der Waals surface area (Å²) in [6.07, 6.45) is 3.38. The third kappa shape index (κ3) is 4.88. The van der Waals surface area contributed by atoms with Crippen molar-refractivity contribution < 1.29 is 9.59 Å². The van der Waals surface area contributed by atoms with Crippen LogP contribution < -0.4 is 26.6 Å². The van der Waals surface area contributed by atoms with Crippen LogP contribution in [0.15, 0.2) is 60.9 Å². The van der Waals surface area contributed by atoms with Crippen molar-refractivity contribution in [3.63, 3.8) is 0 Å². The fourth-order valence-electron chi connectivity index (χ4n) is 4.08. The second-order valence-corrected chi connectivity index (χ2v) is 8.50. The molecule has 3 amide bonds. The SMILES string of the molecule is NC(=O)Nc1ccc(N2CCNCC2)c(NC(=O)c2ccn3ncc(-c4cccc(Cl)c4)c3n2)c1. The van der Waals surface area contributed by atoms with Gasteiger partial charge in [-0.3, -0.25) is 4.79 Å². The Morgan fingerprint density at radius 1 is 1.06 bits per heavy atom. The Balaban J connectivity index is 1.48. The summed E-state index contributed by atoms with van der Waals surface area (Å²) in [5, 5.41) is 13.8. The second-order valence-electron chi connectivity index (χ2n) is 8.06. The Labute approximate surface area is 206 Å². The van der Waals surface area contributed by atoms with E-state index in [1.807, 2.05) is 24.3 Å². The van der Waals surface area contributed by atoms with Crippen LogP contribution in [0.1, 0.15) is 10.5 Å². The number of halogens is 1. The summed E-state index contributed by atoms with van der Waals surface area (Å²) < 4.78 is 1.61. The lowest BCUT2D eigenvalue weighted by Gasteiger charge is -2.31. The van der Waals surface area contributed by atoms with Gasteiger partial charge in [-0.1, -0.05) is 23.7 Å². The summed E-state index contributed by atoms with van der Waals surface area (Å²) >= 11 is 6.15. The summed E-state index contributed by atoms with van der Waals surface area (Å²) in [4.78, 5) is 31.4. The Hall–Kier alpha value is -4.15. The lowest BCUT2D eigenvalue weighted by atomic mass is 10.1. The van der Waals surface area contributed by atoms with Gasteiger partial charge in [0.05, 0.1) is 17.6 Å². The smallest absolute Gasteiger partial charge is 0.316 e. The molecule has 2 aromatic heterocycles. The quantitative estimate of drug-likeness (QED) is 0.340. The molecule has 4 aromatic rings. The van der Waals surface area contributed by atoms with Crippen molar-refractivity contribution in [1.82, 2.24) is 19.9 Å². The first-order chi connectivity index (χ1) is 17.0. The van der Waals surface area contributed by atoms with Crippen LogP contribution in [0.5, 0.6) is 0 Å².